The van der Waals surface area contributed by atoms with E-state index in [4.69, 9.17) is 11.6 Å². The highest BCUT2D eigenvalue weighted by Gasteiger charge is 2.14. The normalized spacial score (nSPS) is 12.7. The molecule has 0 saturated heterocycles. The van der Waals surface area contributed by atoms with Gasteiger partial charge in [-0.15, -0.1) is 11.3 Å². The summed E-state index contributed by atoms with van der Waals surface area (Å²) >= 11 is 18.4. The maximum atomic E-state index is 5.87. The van der Waals surface area contributed by atoms with Crippen molar-refractivity contribution in [3.63, 3.8) is 0 Å². The maximum absolute atomic E-state index is 5.87. The van der Waals surface area contributed by atoms with E-state index in [-0.39, 0.29) is 0 Å². The molecule has 90 valence electrons. The Morgan fingerprint density at radius 2 is 1.82 bits per heavy atom. The largest absolute Gasteiger partial charge is 0.121 e. The van der Waals surface area contributed by atoms with Crippen LogP contribution in [0, 0.1) is 0 Å². The van der Waals surface area contributed by atoms with E-state index in [0.29, 0.717) is 4.83 Å². The minimum Gasteiger partial charge on any atom is -0.121 e. The molecule has 0 N–H and O–H groups in total. The monoisotopic (exact) mass is 456 g/mol. The quantitative estimate of drug-likeness (QED) is 0.454. The highest BCUT2D eigenvalue weighted by atomic mass is 79.9. The Bertz CT molecular complexity index is 507. The van der Waals surface area contributed by atoms with Gasteiger partial charge in [0.2, 0.25) is 0 Å². The van der Waals surface area contributed by atoms with E-state index in [1.54, 1.807) is 11.3 Å². The van der Waals surface area contributed by atoms with Crippen LogP contribution in [0.4, 0.5) is 0 Å². The van der Waals surface area contributed by atoms with E-state index in [1.807, 2.05) is 12.1 Å². The average molecular weight is 459 g/mol. The first-order valence-electron chi connectivity index (χ1n) is 4.89. The topological polar surface area (TPSA) is 0 Å². The highest BCUT2D eigenvalue weighted by Crippen LogP contribution is 2.40. The molecule has 0 radical (unpaired) electrons. The van der Waals surface area contributed by atoms with Gasteiger partial charge in [-0.2, -0.15) is 0 Å². The van der Waals surface area contributed by atoms with Crippen molar-refractivity contribution in [3.05, 3.63) is 54.1 Å². The van der Waals surface area contributed by atoms with E-state index in [9.17, 15) is 0 Å². The SMILES string of the molecule is Clc1ccc(CC(Br)c2cc(Br)sc2Br)cc1. The van der Waals surface area contributed by atoms with Crippen LogP contribution in [0.3, 0.4) is 0 Å². The average Bonchev–Trinajstić information content (AvgIpc) is 2.61. The summed E-state index contributed by atoms with van der Waals surface area (Å²) < 4.78 is 2.31. The summed E-state index contributed by atoms with van der Waals surface area (Å²) in [5.74, 6) is 0. The van der Waals surface area contributed by atoms with Gasteiger partial charge < -0.3 is 0 Å². The van der Waals surface area contributed by atoms with Gasteiger partial charge in [-0.25, -0.2) is 0 Å². The predicted molar refractivity (Wildman–Crippen MR) is 86.5 cm³/mol. The van der Waals surface area contributed by atoms with Crippen molar-refractivity contribution < 1.29 is 0 Å². The van der Waals surface area contributed by atoms with Gasteiger partial charge in [0.1, 0.15) is 0 Å². The molecule has 1 aromatic heterocycles. The summed E-state index contributed by atoms with van der Waals surface area (Å²) in [5.41, 5.74) is 2.54. The third-order valence-corrected chi connectivity index (χ3v) is 5.80. The van der Waals surface area contributed by atoms with E-state index in [2.05, 4.69) is 66.0 Å². The van der Waals surface area contributed by atoms with Crippen LogP contribution in [0.2, 0.25) is 5.02 Å². The molecule has 17 heavy (non-hydrogen) atoms. The number of benzene rings is 1. The van der Waals surface area contributed by atoms with Crippen LogP contribution in [-0.4, -0.2) is 0 Å². The molecular weight excluding hydrogens is 451 g/mol. The van der Waals surface area contributed by atoms with E-state index < -0.39 is 0 Å². The number of thiophene rings is 1. The fourth-order valence-electron chi connectivity index (χ4n) is 1.50. The van der Waals surface area contributed by atoms with E-state index >= 15 is 0 Å². The van der Waals surface area contributed by atoms with Gasteiger partial charge >= 0.3 is 0 Å². The second-order valence-electron chi connectivity index (χ2n) is 3.58. The van der Waals surface area contributed by atoms with Crippen molar-refractivity contribution >= 4 is 70.7 Å². The zero-order valence-corrected chi connectivity index (χ0v) is 14.9. The van der Waals surface area contributed by atoms with Crippen LogP contribution in [0.1, 0.15) is 16.0 Å². The molecule has 1 atom stereocenters. The lowest BCUT2D eigenvalue weighted by molar-refractivity contribution is 0.950. The summed E-state index contributed by atoms with van der Waals surface area (Å²) in [7, 11) is 0. The molecule has 0 amide bonds. The zero-order chi connectivity index (χ0) is 12.4. The Kier molecular flexibility index (Phi) is 5.13. The zero-order valence-electron chi connectivity index (χ0n) is 8.59. The molecule has 2 aromatic rings. The molecule has 2 rings (SSSR count). The Labute approximate surface area is 135 Å². The minimum absolute atomic E-state index is 0.306. The third kappa shape index (κ3) is 3.80. The maximum Gasteiger partial charge on any atom is 0.0753 e. The molecule has 0 bridgehead atoms. The van der Waals surface area contributed by atoms with Gasteiger partial charge in [-0.3, -0.25) is 0 Å². The van der Waals surface area contributed by atoms with Crippen LogP contribution in [0.5, 0.6) is 0 Å². The molecule has 5 heteroatoms. The van der Waals surface area contributed by atoms with Crippen molar-refractivity contribution in [2.24, 2.45) is 0 Å². The number of halogens is 4. The minimum atomic E-state index is 0.306. The fraction of sp³-hybridized carbons (Fsp3) is 0.167. The van der Waals surface area contributed by atoms with Crippen LogP contribution < -0.4 is 0 Å². The molecule has 1 heterocycles. The third-order valence-electron chi connectivity index (χ3n) is 2.35. The second kappa shape index (κ2) is 6.20. The molecular formula is C12H8Br3ClS. The first kappa shape index (κ1) is 14.1. The van der Waals surface area contributed by atoms with Crippen LogP contribution >= 0.6 is 70.7 Å². The molecule has 0 aliphatic heterocycles. The molecule has 0 saturated carbocycles. The molecule has 0 aliphatic carbocycles. The van der Waals surface area contributed by atoms with Crippen molar-refractivity contribution in [3.8, 4) is 0 Å². The molecule has 0 nitrogen and oxygen atoms in total. The Morgan fingerprint density at radius 3 is 2.35 bits per heavy atom. The number of rotatable bonds is 3. The lowest BCUT2D eigenvalue weighted by Gasteiger charge is -2.09. The van der Waals surface area contributed by atoms with Gasteiger partial charge in [-0.1, -0.05) is 39.7 Å². The number of hydrogen-bond acceptors (Lipinski definition) is 1. The van der Waals surface area contributed by atoms with E-state index in [0.717, 1.165) is 15.2 Å². The standard InChI is InChI=1S/C12H8Br3ClS/c13-10(9-6-11(14)17-12(9)15)5-7-1-3-8(16)4-2-7/h1-4,6,10H,5H2. The summed E-state index contributed by atoms with van der Waals surface area (Å²) in [6.07, 6.45) is 0.943. The summed E-state index contributed by atoms with van der Waals surface area (Å²) in [6, 6.07) is 10.1. The van der Waals surface area contributed by atoms with Crippen molar-refractivity contribution in [2.45, 2.75) is 11.2 Å². The van der Waals surface area contributed by atoms with Gasteiger partial charge in [0.25, 0.3) is 0 Å². The Balaban J connectivity index is 2.14. The Morgan fingerprint density at radius 1 is 1.18 bits per heavy atom. The summed E-state index contributed by atoms with van der Waals surface area (Å²) in [5, 5.41) is 0.777. The molecule has 0 fully saturated rings. The molecule has 0 aliphatic rings. The highest BCUT2D eigenvalue weighted by molar-refractivity contribution is 9.12. The van der Waals surface area contributed by atoms with Crippen molar-refractivity contribution in [1.82, 2.24) is 0 Å². The molecule has 0 spiro atoms. The van der Waals surface area contributed by atoms with Crippen LogP contribution in [-0.2, 0) is 6.42 Å². The smallest absolute Gasteiger partial charge is 0.0753 e. The Hall–Kier alpha value is 0.650. The summed E-state index contributed by atoms with van der Waals surface area (Å²) in [6.45, 7) is 0. The molecule has 1 unspecified atom stereocenters. The number of alkyl halides is 1. The van der Waals surface area contributed by atoms with Crippen LogP contribution in [0.15, 0.2) is 37.9 Å². The van der Waals surface area contributed by atoms with Crippen LogP contribution in [0.25, 0.3) is 0 Å². The van der Waals surface area contributed by atoms with Gasteiger partial charge in [0, 0.05) is 9.85 Å². The number of hydrogen-bond donors (Lipinski definition) is 0. The summed E-state index contributed by atoms with van der Waals surface area (Å²) in [4.78, 5) is 0.306. The van der Waals surface area contributed by atoms with Gasteiger partial charge in [-0.05, 0) is 67.6 Å². The predicted octanol–water partition coefficient (Wildman–Crippen LogP) is 6.61. The van der Waals surface area contributed by atoms with Crippen molar-refractivity contribution in [2.75, 3.05) is 0 Å². The molecule has 1 aromatic carbocycles. The first-order valence-corrected chi connectivity index (χ1v) is 8.59. The fourth-order valence-corrected chi connectivity index (χ4v) is 5.80. The first-order chi connectivity index (χ1) is 8.06. The second-order valence-corrected chi connectivity index (χ2v) is 8.87. The lowest BCUT2D eigenvalue weighted by Crippen LogP contribution is -1.94. The van der Waals surface area contributed by atoms with E-state index in [1.165, 1.54) is 14.9 Å². The van der Waals surface area contributed by atoms with Crippen molar-refractivity contribution in [1.29, 1.82) is 0 Å². The van der Waals surface area contributed by atoms with Gasteiger partial charge in [0.15, 0.2) is 0 Å². The van der Waals surface area contributed by atoms with Gasteiger partial charge in [0.05, 0.1) is 7.57 Å². The lowest BCUT2D eigenvalue weighted by atomic mass is 10.1.